The van der Waals surface area contributed by atoms with Gasteiger partial charge in [-0.25, -0.2) is 0 Å². The lowest BCUT2D eigenvalue weighted by atomic mass is 9.96. The van der Waals surface area contributed by atoms with E-state index in [2.05, 4.69) is 0 Å². The summed E-state index contributed by atoms with van der Waals surface area (Å²) in [6.45, 7) is 3.79. The van der Waals surface area contributed by atoms with Crippen molar-refractivity contribution >= 4 is 0 Å². The van der Waals surface area contributed by atoms with Crippen molar-refractivity contribution in [3.63, 3.8) is 0 Å². The van der Waals surface area contributed by atoms with Gasteiger partial charge in [-0.1, -0.05) is 6.07 Å². The Kier molecular flexibility index (Phi) is 3.09. The summed E-state index contributed by atoms with van der Waals surface area (Å²) in [6.07, 6.45) is 1.24. The minimum absolute atomic E-state index is 0.265. The number of hydrogen-bond donors (Lipinski definition) is 4. The van der Waals surface area contributed by atoms with Gasteiger partial charge in [-0.15, -0.1) is 0 Å². The Bertz CT molecular complexity index is 356. The number of phenolic OH excluding ortho intramolecular Hbond substituents is 3. The Labute approximate surface area is 89.0 Å². The predicted octanol–water partition coefficient (Wildman–Crippen LogP) is 1.47. The van der Waals surface area contributed by atoms with Crippen LogP contribution in [0.3, 0.4) is 0 Å². The maximum Gasteiger partial charge on any atom is 0.200 e. The summed E-state index contributed by atoms with van der Waals surface area (Å²) in [6, 6.07) is 2.93. The number of aryl methyl sites for hydroxylation is 1. The molecule has 0 heterocycles. The summed E-state index contributed by atoms with van der Waals surface area (Å²) in [5.41, 5.74) is 6.08. The Hall–Kier alpha value is -1.42. The third-order valence-electron chi connectivity index (χ3n) is 2.25. The summed E-state index contributed by atoms with van der Waals surface area (Å²) in [4.78, 5) is 0. The lowest BCUT2D eigenvalue weighted by molar-refractivity contribution is 0.363. The number of benzene rings is 1. The smallest absolute Gasteiger partial charge is 0.200 e. The quantitative estimate of drug-likeness (QED) is 0.570. The molecule has 0 atom stereocenters. The van der Waals surface area contributed by atoms with Crippen molar-refractivity contribution in [2.45, 2.75) is 32.2 Å². The molecule has 0 amide bonds. The van der Waals surface area contributed by atoms with Gasteiger partial charge < -0.3 is 21.1 Å². The fraction of sp³-hybridized carbons (Fsp3) is 0.455. The van der Waals surface area contributed by atoms with Gasteiger partial charge in [-0.3, -0.25) is 0 Å². The molecule has 0 bridgehead atoms. The summed E-state index contributed by atoms with van der Waals surface area (Å²) in [7, 11) is 0. The molecule has 15 heavy (non-hydrogen) atoms. The van der Waals surface area contributed by atoms with Crippen molar-refractivity contribution in [1.29, 1.82) is 0 Å². The lowest BCUT2D eigenvalue weighted by Gasteiger charge is -2.18. The molecule has 0 saturated carbocycles. The summed E-state index contributed by atoms with van der Waals surface area (Å²) < 4.78 is 0. The molecule has 0 aliphatic heterocycles. The van der Waals surface area contributed by atoms with Crippen LogP contribution in [0.5, 0.6) is 17.2 Å². The van der Waals surface area contributed by atoms with E-state index in [1.807, 2.05) is 13.8 Å². The maximum atomic E-state index is 9.52. The number of aromatic hydroxyl groups is 3. The SMILES string of the molecule is CC(C)(N)CCc1ccc(O)c(O)c1O. The van der Waals surface area contributed by atoms with Crippen LogP contribution in [0.15, 0.2) is 12.1 Å². The van der Waals surface area contributed by atoms with E-state index in [1.165, 1.54) is 6.07 Å². The molecule has 84 valence electrons. The third-order valence-corrected chi connectivity index (χ3v) is 2.25. The van der Waals surface area contributed by atoms with Crippen LogP contribution in [-0.2, 0) is 6.42 Å². The zero-order chi connectivity index (χ0) is 11.6. The molecule has 1 aromatic carbocycles. The standard InChI is InChI=1S/C11H17NO3/c1-11(2,12)6-5-7-3-4-8(13)10(15)9(7)14/h3-4,13-15H,5-6,12H2,1-2H3. The third kappa shape index (κ3) is 3.02. The van der Waals surface area contributed by atoms with Crippen LogP contribution in [0.2, 0.25) is 0 Å². The van der Waals surface area contributed by atoms with Crippen molar-refractivity contribution in [1.82, 2.24) is 0 Å². The first-order valence-electron chi connectivity index (χ1n) is 4.83. The zero-order valence-electron chi connectivity index (χ0n) is 8.99. The summed E-state index contributed by atoms with van der Waals surface area (Å²) in [5, 5.41) is 27.9. The van der Waals surface area contributed by atoms with E-state index in [4.69, 9.17) is 10.8 Å². The molecule has 0 spiro atoms. The summed E-state index contributed by atoms with van der Waals surface area (Å²) in [5.74, 6) is -1.05. The molecule has 0 fully saturated rings. The molecule has 1 aromatic rings. The van der Waals surface area contributed by atoms with Gasteiger partial charge in [-0.2, -0.15) is 0 Å². The average Bonchev–Trinajstić information content (AvgIpc) is 2.12. The molecule has 0 aromatic heterocycles. The van der Waals surface area contributed by atoms with E-state index >= 15 is 0 Å². The monoisotopic (exact) mass is 211 g/mol. The van der Waals surface area contributed by atoms with E-state index in [0.29, 0.717) is 18.4 Å². The molecule has 0 unspecified atom stereocenters. The Morgan fingerprint density at radius 3 is 2.27 bits per heavy atom. The van der Waals surface area contributed by atoms with Crippen molar-refractivity contribution in [2.75, 3.05) is 0 Å². The first-order chi connectivity index (χ1) is 6.81. The minimum atomic E-state index is -0.470. The van der Waals surface area contributed by atoms with Gasteiger partial charge in [0.25, 0.3) is 0 Å². The molecular weight excluding hydrogens is 194 g/mol. The van der Waals surface area contributed by atoms with Crippen LogP contribution in [0.25, 0.3) is 0 Å². The van der Waals surface area contributed by atoms with Crippen LogP contribution in [0.1, 0.15) is 25.8 Å². The van der Waals surface area contributed by atoms with Gasteiger partial charge in [0.15, 0.2) is 11.5 Å². The molecule has 4 nitrogen and oxygen atoms in total. The van der Waals surface area contributed by atoms with Crippen LogP contribution in [-0.4, -0.2) is 20.9 Å². The van der Waals surface area contributed by atoms with E-state index < -0.39 is 5.75 Å². The highest BCUT2D eigenvalue weighted by Crippen LogP contribution is 2.37. The van der Waals surface area contributed by atoms with Gasteiger partial charge in [0.05, 0.1) is 0 Å². The Morgan fingerprint density at radius 1 is 1.13 bits per heavy atom. The first kappa shape index (κ1) is 11.7. The molecule has 5 N–H and O–H groups in total. The van der Waals surface area contributed by atoms with Crippen LogP contribution in [0.4, 0.5) is 0 Å². The molecular formula is C11H17NO3. The van der Waals surface area contributed by atoms with Crippen molar-refractivity contribution in [3.05, 3.63) is 17.7 Å². The van der Waals surface area contributed by atoms with E-state index in [0.717, 1.165) is 0 Å². The largest absolute Gasteiger partial charge is 0.504 e. The lowest BCUT2D eigenvalue weighted by Crippen LogP contribution is -2.32. The van der Waals surface area contributed by atoms with Crippen molar-refractivity contribution < 1.29 is 15.3 Å². The normalized spacial score (nSPS) is 11.7. The topological polar surface area (TPSA) is 86.7 Å². The van der Waals surface area contributed by atoms with E-state index in [1.54, 1.807) is 6.07 Å². The highest BCUT2D eigenvalue weighted by Gasteiger charge is 2.15. The fourth-order valence-electron chi connectivity index (χ4n) is 1.27. The number of phenols is 3. The van der Waals surface area contributed by atoms with Crippen LogP contribution >= 0.6 is 0 Å². The van der Waals surface area contributed by atoms with Crippen LogP contribution < -0.4 is 5.73 Å². The van der Waals surface area contributed by atoms with Gasteiger partial charge in [0.1, 0.15) is 0 Å². The summed E-state index contributed by atoms with van der Waals surface area (Å²) >= 11 is 0. The second-order valence-electron chi connectivity index (χ2n) is 4.43. The predicted molar refractivity (Wildman–Crippen MR) is 58.0 cm³/mol. The molecule has 0 radical (unpaired) electrons. The van der Waals surface area contributed by atoms with Gasteiger partial charge in [0.2, 0.25) is 5.75 Å². The fourth-order valence-corrected chi connectivity index (χ4v) is 1.27. The van der Waals surface area contributed by atoms with E-state index in [9.17, 15) is 10.2 Å². The first-order valence-corrected chi connectivity index (χ1v) is 4.83. The number of rotatable bonds is 3. The maximum absolute atomic E-state index is 9.52. The second kappa shape index (κ2) is 3.98. The molecule has 0 saturated heterocycles. The molecule has 1 rings (SSSR count). The Balaban J connectivity index is 2.83. The second-order valence-corrected chi connectivity index (χ2v) is 4.43. The van der Waals surface area contributed by atoms with Gasteiger partial charge in [0, 0.05) is 5.54 Å². The van der Waals surface area contributed by atoms with Gasteiger partial charge >= 0.3 is 0 Å². The highest BCUT2D eigenvalue weighted by atomic mass is 16.3. The molecule has 0 aliphatic rings. The van der Waals surface area contributed by atoms with Crippen molar-refractivity contribution in [3.8, 4) is 17.2 Å². The zero-order valence-corrected chi connectivity index (χ0v) is 8.99. The number of hydrogen-bond acceptors (Lipinski definition) is 4. The van der Waals surface area contributed by atoms with E-state index in [-0.39, 0.29) is 17.0 Å². The van der Waals surface area contributed by atoms with Gasteiger partial charge in [-0.05, 0) is 38.3 Å². The van der Waals surface area contributed by atoms with Crippen molar-refractivity contribution in [2.24, 2.45) is 5.73 Å². The Morgan fingerprint density at radius 2 is 1.73 bits per heavy atom. The van der Waals surface area contributed by atoms with Crippen LogP contribution in [0, 0.1) is 0 Å². The molecule has 0 aliphatic carbocycles. The minimum Gasteiger partial charge on any atom is -0.504 e. The highest BCUT2D eigenvalue weighted by molar-refractivity contribution is 5.53. The number of nitrogens with two attached hydrogens (primary N) is 1. The molecule has 4 heteroatoms. The average molecular weight is 211 g/mol.